The van der Waals surface area contributed by atoms with Gasteiger partial charge in [0.25, 0.3) is 0 Å². The van der Waals surface area contributed by atoms with E-state index in [2.05, 4.69) is 15.6 Å². The Hall–Kier alpha value is -3.01. The Bertz CT molecular complexity index is 1220. The Labute approximate surface area is 205 Å². The van der Waals surface area contributed by atoms with E-state index < -0.39 is 5.78 Å². The molecule has 0 aliphatic carbocycles. The number of pyridine rings is 1. The zero-order chi connectivity index (χ0) is 24.4. The average Bonchev–Trinajstić information content (AvgIpc) is 3.24. The lowest BCUT2D eigenvalue weighted by Crippen LogP contribution is -2.51. The molecule has 2 atom stereocenters. The van der Waals surface area contributed by atoms with Crippen molar-refractivity contribution in [3.63, 3.8) is 0 Å². The fourth-order valence-corrected chi connectivity index (χ4v) is 4.50. The zero-order valence-electron chi connectivity index (χ0n) is 18.7. The number of furan rings is 1. The van der Waals surface area contributed by atoms with Crippen LogP contribution in [0.2, 0.25) is 10.0 Å². The van der Waals surface area contributed by atoms with E-state index in [-0.39, 0.29) is 50.9 Å². The normalized spacial score (nSPS) is 17.9. The maximum atomic E-state index is 13.3. The van der Waals surface area contributed by atoms with Gasteiger partial charge in [0, 0.05) is 25.7 Å². The molecule has 34 heavy (non-hydrogen) atoms. The molecule has 3 aromatic rings. The van der Waals surface area contributed by atoms with Crippen LogP contribution in [0.15, 0.2) is 28.7 Å². The number of nitrogens with one attached hydrogen (secondary N) is 2. The van der Waals surface area contributed by atoms with Crippen molar-refractivity contribution < 1.29 is 28.2 Å². The summed E-state index contributed by atoms with van der Waals surface area (Å²) in [5, 5.41) is 6.33. The monoisotopic (exact) mass is 507 g/mol. The molecule has 4 rings (SSSR count). The standard InChI is InChI=1S/C23H23Cl2N3O6/c1-11(29)26-12-6-7-33-10-14(12)28-19-5-4-15-13(27-19)8-18(34-15)23(30)20-21(24)16(31-2)9-17(32-3)22(20)25/h4-5,8-9,12,14H,6-7,10H2,1-3H3,(H,26,29)(H,27,28). The van der Waals surface area contributed by atoms with Crippen molar-refractivity contribution in [3.05, 3.63) is 45.6 Å². The molecule has 2 N–H and O–H groups in total. The molecule has 9 nitrogen and oxygen atoms in total. The van der Waals surface area contributed by atoms with Gasteiger partial charge in [0.15, 0.2) is 11.3 Å². The number of hydrogen-bond donors (Lipinski definition) is 2. The molecule has 11 heteroatoms. The van der Waals surface area contributed by atoms with Gasteiger partial charge in [-0.3, -0.25) is 9.59 Å². The molecule has 1 fully saturated rings. The molecule has 1 saturated heterocycles. The first-order valence-electron chi connectivity index (χ1n) is 10.5. The van der Waals surface area contributed by atoms with Gasteiger partial charge in [-0.1, -0.05) is 23.2 Å². The Kier molecular flexibility index (Phi) is 7.16. The molecule has 180 valence electrons. The molecule has 1 amide bonds. The first-order chi connectivity index (χ1) is 16.3. The Balaban J connectivity index is 1.63. The van der Waals surface area contributed by atoms with E-state index >= 15 is 0 Å². The number of ketones is 1. The lowest BCUT2D eigenvalue weighted by molar-refractivity contribution is -0.120. The first-order valence-corrected chi connectivity index (χ1v) is 11.2. The minimum atomic E-state index is -0.536. The molecule has 2 unspecified atom stereocenters. The van der Waals surface area contributed by atoms with E-state index in [0.29, 0.717) is 36.6 Å². The Morgan fingerprint density at radius 1 is 1.09 bits per heavy atom. The summed E-state index contributed by atoms with van der Waals surface area (Å²) in [5.74, 6) is 0.414. The highest BCUT2D eigenvalue weighted by Crippen LogP contribution is 2.41. The number of carbonyl (C=O) groups is 2. The third-order valence-electron chi connectivity index (χ3n) is 5.48. The number of ether oxygens (including phenoxy) is 3. The van der Waals surface area contributed by atoms with Crippen LogP contribution >= 0.6 is 23.2 Å². The third-order valence-corrected chi connectivity index (χ3v) is 6.23. The van der Waals surface area contributed by atoms with Crippen molar-refractivity contribution >= 4 is 51.8 Å². The van der Waals surface area contributed by atoms with Crippen LogP contribution in [0, 0.1) is 0 Å². The summed E-state index contributed by atoms with van der Waals surface area (Å²) in [5.41, 5.74) is 0.881. The second kappa shape index (κ2) is 10.1. The fraction of sp³-hybridized carbons (Fsp3) is 0.348. The molecule has 0 radical (unpaired) electrons. The van der Waals surface area contributed by atoms with Crippen LogP contribution in [-0.2, 0) is 9.53 Å². The van der Waals surface area contributed by atoms with E-state index in [1.165, 1.54) is 33.3 Å². The van der Waals surface area contributed by atoms with Crippen LogP contribution in [0.4, 0.5) is 5.82 Å². The van der Waals surface area contributed by atoms with Gasteiger partial charge in [0.05, 0.1) is 48.5 Å². The number of rotatable bonds is 7. The summed E-state index contributed by atoms with van der Waals surface area (Å²) >= 11 is 12.8. The number of fused-ring (bicyclic) bond motifs is 1. The Morgan fingerprint density at radius 2 is 1.79 bits per heavy atom. The van der Waals surface area contributed by atoms with Gasteiger partial charge < -0.3 is 29.3 Å². The number of aromatic nitrogens is 1. The van der Waals surface area contributed by atoms with Crippen molar-refractivity contribution in [2.75, 3.05) is 32.8 Å². The van der Waals surface area contributed by atoms with Gasteiger partial charge >= 0.3 is 0 Å². The lowest BCUT2D eigenvalue weighted by atomic mass is 10.0. The predicted octanol–water partition coefficient (Wildman–Crippen LogP) is 4.09. The van der Waals surface area contributed by atoms with E-state index in [0.717, 1.165) is 0 Å². The minimum Gasteiger partial charge on any atom is -0.495 e. The van der Waals surface area contributed by atoms with Crippen LogP contribution in [0.25, 0.3) is 11.1 Å². The van der Waals surface area contributed by atoms with Crippen molar-refractivity contribution in [1.29, 1.82) is 0 Å². The predicted molar refractivity (Wildman–Crippen MR) is 127 cm³/mol. The van der Waals surface area contributed by atoms with Crippen molar-refractivity contribution in [1.82, 2.24) is 10.3 Å². The average molecular weight is 508 g/mol. The third kappa shape index (κ3) is 4.77. The highest BCUT2D eigenvalue weighted by Gasteiger charge is 2.28. The number of methoxy groups -OCH3 is 2. The SMILES string of the molecule is COc1cc(OC)c(Cl)c(C(=O)c2cc3nc(NC4COCCC4NC(C)=O)ccc3o2)c1Cl. The summed E-state index contributed by atoms with van der Waals surface area (Å²) in [6.07, 6.45) is 0.690. The minimum absolute atomic E-state index is 0.00874. The van der Waals surface area contributed by atoms with Gasteiger partial charge in [-0.2, -0.15) is 0 Å². The smallest absolute Gasteiger partial charge is 0.231 e. The van der Waals surface area contributed by atoms with E-state index in [4.69, 9.17) is 41.8 Å². The number of nitrogens with zero attached hydrogens (tertiary/aromatic N) is 1. The second-order valence-corrected chi connectivity index (χ2v) is 8.48. The summed E-state index contributed by atoms with van der Waals surface area (Å²) in [7, 11) is 2.85. The van der Waals surface area contributed by atoms with Gasteiger partial charge in [-0.05, 0) is 18.6 Å². The molecule has 3 heterocycles. The van der Waals surface area contributed by atoms with Crippen LogP contribution in [0.3, 0.4) is 0 Å². The highest BCUT2D eigenvalue weighted by molar-refractivity contribution is 6.42. The maximum absolute atomic E-state index is 13.3. The molecular weight excluding hydrogens is 485 g/mol. The van der Waals surface area contributed by atoms with Gasteiger partial charge in [-0.25, -0.2) is 4.98 Å². The summed E-state index contributed by atoms with van der Waals surface area (Å²) < 4.78 is 21.8. The molecule has 1 aliphatic heterocycles. The van der Waals surface area contributed by atoms with E-state index in [9.17, 15) is 9.59 Å². The van der Waals surface area contributed by atoms with Crippen LogP contribution in [0.1, 0.15) is 29.5 Å². The number of amides is 1. The number of benzene rings is 1. The second-order valence-electron chi connectivity index (χ2n) is 7.73. The topological polar surface area (TPSA) is 112 Å². The fourth-order valence-electron chi connectivity index (χ4n) is 3.83. The highest BCUT2D eigenvalue weighted by atomic mass is 35.5. The number of anilines is 1. The van der Waals surface area contributed by atoms with Crippen molar-refractivity contribution in [2.45, 2.75) is 25.4 Å². The number of hydrogen-bond acceptors (Lipinski definition) is 8. The summed E-state index contributed by atoms with van der Waals surface area (Å²) in [6, 6.07) is 6.21. The quantitative estimate of drug-likeness (QED) is 0.459. The summed E-state index contributed by atoms with van der Waals surface area (Å²) in [6.45, 7) is 2.48. The van der Waals surface area contributed by atoms with Crippen LogP contribution in [-0.4, -0.2) is 56.2 Å². The van der Waals surface area contributed by atoms with E-state index in [1.54, 1.807) is 12.1 Å². The molecule has 1 aromatic carbocycles. The van der Waals surface area contributed by atoms with Gasteiger partial charge in [-0.15, -0.1) is 0 Å². The van der Waals surface area contributed by atoms with Crippen molar-refractivity contribution in [2.24, 2.45) is 0 Å². The molecule has 0 saturated carbocycles. The lowest BCUT2D eigenvalue weighted by Gasteiger charge is -2.32. The largest absolute Gasteiger partial charge is 0.495 e. The van der Waals surface area contributed by atoms with Crippen LogP contribution < -0.4 is 20.1 Å². The molecule has 1 aliphatic rings. The number of halogens is 2. The zero-order valence-corrected chi connectivity index (χ0v) is 20.2. The molecule has 0 spiro atoms. The first kappa shape index (κ1) is 24.1. The number of carbonyl (C=O) groups excluding carboxylic acids is 2. The van der Waals surface area contributed by atoms with Crippen molar-refractivity contribution in [3.8, 4) is 11.5 Å². The van der Waals surface area contributed by atoms with Crippen LogP contribution in [0.5, 0.6) is 11.5 Å². The Morgan fingerprint density at radius 3 is 2.44 bits per heavy atom. The molecular formula is C23H23Cl2N3O6. The van der Waals surface area contributed by atoms with Gasteiger partial charge in [0.1, 0.15) is 22.8 Å². The molecule has 0 bridgehead atoms. The van der Waals surface area contributed by atoms with E-state index in [1.807, 2.05) is 0 Å². The van der Waals surface area contributed by atoms with Gasteiger partial charge in [0.2, 0.25) is 11.7 Å². The summed E-state index contributed by atoms with van der Waals surface area (Å²) in [4.78, 5) is 29.3. The maximum Gasteiger partial charge on any atom is 0.231 e. The molecule has 2 aromatic heterocycles.